The van der Waals surface area contributed by atoms with Crippen molar-refractivity contribution in [2.45, 2.75) is 65.2 Å². The van der Waals surface area contributed by atoms with Gasteiger partial charge in [-0.25, -0.2) is 4.99 Å². The third kappa shape index (κ3) is 7.34. The predicted molar refractivity (Wildman–Crippen MR) is 103 cm³/mol. The van der Waals surface area contributed by atoms with E-state index >= 15 is 0 Å². The van der Waals surface area contributed by atoms with Gasteiger partial charge < -0.3 is 20.1 Å². The molecule has 0 bridgehead atoms. The Hall–Kier alpha value is -1.75. The summed E-state index contributed by atoms with van der Waals surface area (Å²) in [6.45, 7) is 11.5. The highest BCUT2D eigenvalue weighted by atomic mass is 16.5. The van der Waals surface area contributed by atoms with Crippen LogP contribution in [0.25, 0.3) is 0 Å². The molecule has 5 nitrogen and oxygen atoms in total. The Bertz CT molecular complexity index is 546. The smallest absolute Gasteiger partial charge is 0.191 e. The van der Waals surface area contributed by atoms with Crippen LogP contribution in [-0.4, -0.2) is 37.4 Å². The monoisotopic (exact) mass is 347 g/mol. The molecule has 0 spiro atoms. The summed E-state index contributed by atoms with van der Waals surface area (Å²) >= 11 is 0. The van der Waals surface area contributed by atoms with Crippen molar-refractivity contribution < 1.29 is 9.47 Å². The third-order valence-electron chi connectivity index (χ3n) is 3.92. The highest BCUT2D eigenvalue weighted by Crippen LogP contribution is 2.23. The molecule has 5 heteroatoms. The van der Waals surface area contributed by atoms with Crippen molar-refractivity contribution in [1.29, 1.82) is 0 Å². The first-order chi connectivity index (χ1) is 12.0. The van der Waals surface area contributed by atoms with E-state index in [-0.39, 0.29) is 5.60 Å². The molecule has 0 saturated carbocycles. The zero-order valence-corrected chi connectivity index (χ0v) is 16.1. The van der Waals surface area contributed by atoms with Crippen LogP contribution in [-0.2, 0) is 11.3 Å². The van der Waals surface area contributed by atoms with E-state index in [1.54, 1.807) is 0 Å². The summed E-state index contributed by atoms with van der Waals surface area (Å²) in [6.07, 6.45) is 3.78. The molecule has 1 aliphatic heterocycles. The van der Waals surface area contributed by atoms with Crippen LogP contribution in [0.1, 0.15) is 52.5 Å². The van der Waals surface area contributed by atoms with Gasteiger partial charge in [0.2, 0.25) is 0 Å². The standard InChI is InChI=1S/C20H33N3O2/c1-5-21-19(22-13-12-17-10-8-14-24-17)23-15-16-9-6-7-11-18(16)25-20(2,3)4/h6-7,9,11,17H,5,8,10,12-15H2,1-4H3,(H2,21,22,23). The molecule has 140 valence electrons. The Morgan fingerprint density at radius 3 is 2.76 bits per heavy atom. The molecule has 25 heavy (non-hydrogen) atoms. The van der Waals surface area contributed by atoms with Crippen molar-refractivity contribution >= 4 is 5.96 Å². The minimum atomic E-state index is -0.218. The molecule has 2 N–H and O–H groups in total. The maximum atomic E-state index is 6.05. The molecule has 2 rings (SSSR count). The molecule has 1 aliphatic rings. The highest BCUT2D eigenvalue weighted by molar-refractivity contribution is 5.79. The number of benzene rings is 1. The summed E-state index contributed by atoms with van der Waals surface area (Å²) in [6, 6.07) is 8.10. The van der Waals surface area contributed by atoms with Gasteiger partial charge >= 0.3 is 0 Å². The Balaban J connectivity index is 1.93. The normalized spacial score (nSPS) is 18.2. The fourth-order valence-electron chi connectivity index (χ4n) is 2.79. The lowest BCUT2D eigenvalue weighted by molar-refractivity contribution is 0.105. The zero-order chi connectivity index (χ0) is 18.1. The molecule has 1 saturated heterocycles. The Morgan fingerprint density at radius 1 is 1.28 bits per heavy atom. The molecule has 1 atom stereocenters. The average molecular weight is 348 g/mol. The van der Waals surface area contributed by atoms with Crippen LogP contribution < -0.4 is 15.4 Å². The van der Waals surface area contributed by atoms with Crippen LogP contribution >= 0.6 is 0 Å². The van der Waals surface area contributed by atoms with E-state index in [1.807, 2.05) is 18.2 Å². The maximum absolute atomic E-state index is 6.05. The molecule has 0 amide bonds. The van der Waals surface area contributed by atoms with Gasteiger partial charge in [0.05, 0.1) is 12.6 Å². The molecular formula is C20H33N3O2. The molecule has 0 aromatic heterocycles. The summed E-state index contributed by atoms with van der Waals surface area (Å²) < 4.78 is 11.7. The molecule has 1 aromatic rings. The van der Waals surface area contributed by atoms with Crippen molar-refractivity contribution in [2.75, 3.05) is 19.7 Å². The van der Waals surface area contributed by atoms with Crippen molar-refractivity contribution in [3.05, 3.63) is 29.8 Å². The summed E-state index contributed by atoms with van der Waals surface area (Å²) in [4.78, 5) is 4.71. The van der Waals surface area contributed by atoms with Crippen LogP contribution in [0, 0.1) is 0 Å². The fraction of sp³-hybridized carbons (Fsp3) is 0.650. The SMILES string of the molecule is CCNC(=NCc1ccccc1OC(C)(C)C)NCCC1CCCO1. The molecule has 1 heterocycles. The lowest BCUT2D eigenvalue weighted by atomic mass is 10.1. The van der Waals surface area contributed by atoms with E-state index in [2.05, 4.69) is 44.4 Å². The van der Waals surface area contributed by atoms with E-state index < -0.39 is 0 Å². The van der Waals surface area contributed by atoms with Gasteiger partial charge in [-0.3, -0.25) is 0 Å². The average Bonchev–Trinajstić information content (AvgIpc) is 3.06. The van der Waals surface area contributed by atoms with Gasteiger partial charge in [-0.2, -0.15) is 0 Å². The van der Waals surface area contributed by atoms with E-state index in [1.165, 1.54) is 12.8 Å². The second-order valence-electron chi connectivity index (χ2n) is 7.37. The Labute approximate surface area is 152 Å². The second-order valence-corrected chi connectivity index (χ2v) is 7.37. The molecule has 1 fully saturated rings. The number of para-hydroxylation sites is 1. The van der Waals surface area contributed by atoms with Gasteiger partial charge in [-0.15, -0.1) is 0 Å². The van der Waals surface area contributed by atoms with Crippen LogP contribution in [0.5, 0.6) is 5.75 Å². The minimum absolute atomic E-state index is 0.218. The van der Waals surface area contributed by atoms with E-state index in [0.717, 1.165) is 43.4 Å². The summed E-state index contributed by atoms with van der Waals surface area (Å²) in [5.74, 6) is 1.74. The Kier molecular flexibility index (Phi) is 7.56. The maximum Gasteiger partial charge on any atom is 0.191 e. The van der Waals surface area contributed by atoms with Crippen LogP contribution in [0.2, 0.25) is 0 Å². The summed E-state index contributed by atoms with van der Waals surface area (Å²) in [7, 11) is 0. The van der Waals surface area contributed by atoms with Gasteiger partial charge in [0.1, 0.15) is 11.4 Å². The number of guanidine groups is 1. The zero-order valence-electron chi connectivity index (χ0n) is 16.1. The molecule has 0 aliphatic carbocycles. The first-order valence-electron chi connectivity index (χ1n) is 9.38. The summed E-state index contributed by atoms with van der Waals surface area (Å²) in [5, 5.41) is 6.71. The van der Waals surface area contributed by atoms with Crippen molar-refractivity contribution in [3.8, 4) is 5.75 Å². The number of nitrogens with one attached hydrogen (secondary N) is 2. The second kappa shape index (κ2) is 9.66. The van der Waals surface area contributed by atoms with E-state index in [9.17, 15) is 0 Å². The lowest BCUT2D eigenvalue weighted by Gasteiger charge is -2.23. The van der Waals surface area contributed by atoms with Crippen LogP contribution in [0.15, 0.2) is 29.3 Å². The largest absolute Gasteiger partial charge is 0.488 e. The van der Waals surface area contributed by atoms with Crippen molar-refractivity contribution in [1.82, 2.24) is 10.6 Å². The van der Waals surface area contributed by atoms with E-state index in [0.29, 0.717) is 12.6 Å². The van der Waals surface area contributed by atoms with Gasteiger partial charge in [0, 0.05) is 25.3 Å². The minimum Gasteiger partial charge on any atom is -0.488 e. The lowest BCUT2D eigenvalue weighted by Crippen LogP contribution is -2.38. The summed E-state index contributed by atoms with van der Waals surface area (Å²) in [5.41, 5.74) is 0.873. The first kappa shape index (κ1) is 19.6. The van der Waals surface area contributed by atoms with Gasteiger partial charge in [0.25, 0.3) is 0 Å². The quantitative estimate of drug-likeness (QED) is 0.586. The number of aliphatic imine (C=N–C) groups is 1. The molecule has 1 unspecified atom stereocenters. The number of ether oxygens (including phenoxy) is 2. The third-order valence-corrected chi connectivity index (χ3v) is 3.92. The predicted octanol–water partition coefficient (Wildman–Crippen LogP) is 3.49. The number of hydrogen-bond donors (Lipinski definition) is 2. The van der Waals surface area contributed by atoms with Crippen LogP contribution in [0.3, 0.4) is 0 Å². The van der Waals surface area contributed by atoms with Crippen molar-refractivity contribution in [3.63, 3.8) is 0 Å². The van der Waals surface area contributed by atoms with Gasteiger partial charge in [-0.05, 0) is 53.0 Å². The highest BCUT2D eigenvalue weighted by Gasteiger charge is 2.15. The first-order valence-corrected chi connectivity index (χ1v) is 9.38. The molecule has 0 radical (unpaired) electrons. The number of nitrogens with zero attached hydrogens (tertiary/aromatic N) is 1. The molecule has 1 aromatic carbocycles. The number of rotatable bonds is 7. The van der Waals surface area contributed by atoms with Crippen LogP contribution in [0.4, 0.5) is 0 Å². The van der Waals surface area contributed by atoms with Gasteiger partial charge in [-0.1, -0.05) is 18.2 Å². The molecular weight excluding hydrogens is 314 g/mol. The van der Waals surface area contributed by atoms with Gasteiger partial charge in [0.15, 0.2) is 5.96 Å². The fourth-order valence-corrected chi connectivity index (χ4v) is 2.79. The number of hydrogen-bond acceptors (Lipinski definition) is 3. The van der Waals surface area contributed by atoms with E-state index in [4.69, 9.17) is 14.5 Å². The Morgan fingerprint density at radius 2 is 2.08 bits per heavy atom. The topological polar surface area (TPSA) is 54.9 Å². The van der Waals surface area contributed by atoms with Crippen molar-refractivity contribution in [2.24, 2.45) is 4.99 Å².